The molecule has 0 aliphatic carbocycles. The summed E-state index contributed by atoms with van der Waals surface area (Å²) in [4.78, 5) is 13.9. The van der Waals surface area contributed by atoms with E-state index < -0.39 is 18.4 Å². The number of benzene rings is 1. The minimum Gasteiger partial charge on any atom is -0.355 e. The molecule has 0 saturated carbocycles. The van der Waals surface area contributed by atoms with E-state index in [1.54, 1.807) is 12.1 Å². The van der Waals surface area contributed by atoms with Crippen molar-refractivity contribution in [1.82, 2.24) is 14.9 Å². The van der Waals surface area contributed by atoms with E-state index in [9.17, 15) is 17.6 Å². The van der Waals surface area contributed by atoms with E-state index in [0.717, 1.165) is 55.9 Å². The van der Waals surface area contributed by atoms with Crippen LogP contribution in [0.5, 0.6) is 0 Å². The van der Waals surface area contributed by atoms with Crippen molar-refractivity contribution in [2.45, 2.75) is 32.0 Å². The lowest BCUT2D eigenvalue weighted by Gasteiger charge is -2.25. The second-order valence-electron chi connectivity index (χ2n) is 8.98. The molecule has 172 valence electrons. The number of aromatic nitrogens is 2. The van der Waals surface area contributed by atoms with Gasteiger partial charge in [0.05, 0.1) is 17.4 Å². The van der Waals surface area contributed by atoms with Crippen molar-refractivity contribution < 1.29 is 17.6 Å². The van der Waals surface area contributed by atoms with Crippen LogP contribution in [0.15, 0.2) is 30.6 Å². The van der Waals surface area contributed by atoms with Gasteiger partial charge in [-0.15, -0.1) is 11.3 Å². The fourth-order valence-corrected chi connectivity index (χ4v) is 6.07. The molecule has 2 aliphatic heterocycles. The normalized spacial score (nSPS) is 21.4. The van der Waals surface area contributed by atoms with E-state index in [2.05, 4.69) is 19.8 Å². The molecule has 1 spiro atoms. The number of hydrogen-bond acceptors (Lipinski definition) is 6. The molecule has 0 N–H and O–H groups in total. The molecule has 0 amide bonds. The van der Waals surface area contributed by atoms with Crippen LogP contribution in [0.4, 0.5) is 23.4 Å². The van der Waals surface area contributed by atoms with Gasteiger partial charge in [-0.2, -0.15) is 18.4 Å². The maximum Gasteiger partial charge on any atom is 0.393 e. The zero-order valence-corrected chi connectivity index (χ0v) is 18.5. The van der Waals surface area contributed by atoms with Crippen LogP contribution in [0.3, 0.4) is 0 Å². The highest BCUT2D eigenvalue weighted by Crippen LogP contribution is 2.43. The predicted molar refractivity (Wildman–Crippen MR) is 117 cm³/mol. The van der Waals surface area contributed by atoms with Crippen LogP contribution in [-0.4, -0.2) is 47.2 Å². The summed E-state index contributed by atoms with van der Waals surface area (Å²) in [5.41, 5.74) is 0.963. The van der Waals surface area contributed by atoms with E-state index in [0.29, 0.717) is 22.6 Å². The van der Waals surface area contributed by atoms with Gasteiger partial charge >= 0.3 is 6.18 Å². The minimum absolute atomic E-state index is 0.0473. The second kappa shape index (κ2) is 8.22. The molecular weight excluding hydrogens is 454 g/mol. The van der Waals surface area contributed by atoms with E-state index in [-0.39, 0.29) is 15.9 Å². The standard InChI is InChI=1S/C23H21F4N5S/c24-19-7-15(1-2-16(19)10-28)11-31-5-3-22(12-31)4-6-32(13-22)20-18-8-17(9-23(25,26)27)33-21(18)30-14-29-20/h1-2,7-8,14H,3-6,9,11-13H2. The Labute approximate surface area is 192 Å². The van der Waals surface area contributed by atoms with Gasteiger partial charge in [-0.05, 0) is 43.1 Å². The van der Waals surface area contributed by atoms with Crippen molar-refractivity contribution in [2.24, 2.45) is 5.41 Å². The Morgan fingerprint density at radius 2 is 1.94 bits per heavy atom. The molecule has 1 aromatic carbocycles. The zero-order valence-electron chi connectivity index (χ0n) is 17.7. The molecule has 0 bridgehead atoms. The molecule has 2 aliphatic rings. The van der Waals surface area contributed by atoms with Gasteiger partial charge in [-0.3, -0.25) is 4.90 Å². The average Bonchev–Trinajstić information content (AvgIpc) is 3.45. The third-order valence-corrected chi connectivity index (χ3v) is 7.59. The van der Waals surface area contributed by atoms with Crippen LogP contribution >= 0.6 is 11.3 Å². The molecule has 1 unspecified atom stereocenters. The third-order valence-electron chi connectivity index (χ3n) is 6.55. The number of halogens is 4. The quantitative estimate of drug-likeness (QED) is 0.502. The highest BCUT2D eigenvalue weighted by molar-refractivity contribution is 7.18. The zero-order chi connectivity index (χ0) is 23.2. The van der Waals surface area contributed by atoms with Crippen molar-refractivity contribution in [3.05, 3.63) is 52.4 Å². The Hall–Kier alpha value is -2.77. The highest BCUT2D eigenvalue weighted by Gasteiger charge is 2.44. The summed E-state index contributed by atoms with van der Waals surface area (Å²) in [5, 5.41) is 9.59. The van der Waals surface area contributed by atoms with Crippen LogP contribution in [0.2, 0.25) is 0 Å². The van der Waals surface area contributed by atoms with Gasteiger partial charge in [0.2, 0.25) is 0 Å². The molecule has 5 nitrogen and oxygen atoms in total. The molecule has 5 rings (SSSR count). The number of fused-ring (bicyclic) bond motifs is 1. The first kappa shape index (κ1) is 22.0. The number of thiophene rings is 1. The summed E-state index contributed by atoms with van der Waals surface area (Å²) in [5.74, 6) is 0.207. The molecule has 2 aromatic heterocycles. The Morgan fingerprint density at radius 1 is 1.12 bits per heavy atom. The minimum atomic E-state index is -4.25. The number of nitriles is 1. The Bertz CT molecular complexity index is 1230. The first-order valence-electron chi connectivity index (χ1n) is 10.7. The third kappa shape index (κ3) is 4.52. The summed E-state index contributed by atoms with van der Waals surface area (Å²) in [6.07, 6.45) is -1.81. The van der Waals surface area contributed by atoms with Gasteiger partial charge in [0.1, 0.15) is 28.9 Å². The van der Waals surface area contributed by atoms with Gasteiger partial charge in [-0.25, -0.2) is 14.4 Å². The monoisotopic (exact) mass is 475 g/mol. The van der Waals surface area contributed by atoms with Crippen molar-refractivity contribution >= 4 is 27.4 Å². The first-order valence-corrected chi connectivity index (χ1v) is 11.5. The number of hydrogen-bond donors (Lipinski definition) is 0. The first-order chi connectivity index (χ1) is 15.7. The molecule has 4 heterocycles. The van der Waals surface area contributed by atoms with Gasteiger partial charge < -0.3 is 4.90 Å². The topological polar surface area (TPSA) is 56.1 Å². The van der Waals surface area contributed by atoms with Gasteiger partial charge in [0.25, 0.3) is 0 Å². The van der Waals surface area contributed by atoms with Crippen LogP contribution in [0.1, 0.15) is 28.8 Å². The largest absolute Gasteiger partial charge is 0.393 e. The molecule has 2 saturated heterocycles. The van der Waals surface area contributed by atoms with Crippen LogP contribution in [-0.2, 0) is 13.0 Å². The Balaban J connectivity index is 1.29. The fourth-order valence-electron chi connectivity index (χ4n) is 5.05. The van der Waals surface area contributed by atoms with E-state index >= 15 is 0 Å². The van der Waals surface area contributed by atoms with E-state index in [4.69, 9.17) is 5.26 Å². The summed E-state index contributed by atoms with van der Waals surface area (Å²) in [6.45, 7) is 3.94. The summed E-state index contributed by atoms with van der Waals surface area (Å²) >= 11 is 1.07. The van der Waals surface area contributed by atoms with Crippen molar-refractivity contribution in [3.63, 3.8) is 0 Å². The maximum absolute atomic E-state index is 14.0. The van der Waals surface area contributed by atoms with Crippen LogP contribution < -0.4 is 4.90 Å². The second-order valence-corrected chi connectivity index (χ2v) is 10.1. The number of nitrogens with zero attached hydrogens (tertiary/aromatic N) is 5. The van der Waals surface area contributed by atoms with Crippen molar-refractivity contribution in [1.29, 1.82) is 5.26 Å². The molecule has 0 radical (unpaired) electrons. The molecule has 1 atom stereocenters. The molecule has 3 aromatic rings. The summed E-state index contributed by atoms with van der Waals surface area (Å²) in [6, 6.07) is 8.16. The van der Waals surface area contributed by atoms with Gasteiger partial charge in [-0.1, -0.05) is 6.07 Å². The fraction of sp³-hybridized carbons (Fsp3) is 0.435. The lowest BCUT2D eigenvalue weighted by molar-refractivity contribution is -0.126. The number of alkyl halides is 3. The van der Waals surface area contributed by atoms with Crippen molar-refractivity contribution in [3.8, 4) is 6.07 Å². The predicted octanol–water partition coefficient (Wildman–Crippen LogP) is 4.91. The summed E-state index contributed by atoms with van der Waals surface area (Å²) < 4.78 is 52.5. The SMILES string of the molecule is N#Cc1ccc(CN2CCC3(CCN(c4ncnc5sc(CC(F)(F)F)cc45)C3)C2)cc1F. The molecular formula is C23H21F4N5S. The average molecular weight is 476 g/mol. The Kier molecular flexibility index (Phi) is 5.49. The highest BCUT2D eigenvalue weighted by atomic mass is 32.1. The van der Waals surface area contributed by atoms with Crippen molar-refractivity contribution in [2.75, 3.05) is 31.1 Å². The molecule has 2 fully saturated rings. The smallest absolute Gasteiger partial charge is 0.355 e. The number of rotatable bonds is 4. The Morgan fingerprint density at radius 3 is 2.70 bits per heavy atom. The number of likely N-dealkylation sites (tertiary alicyclic amines) is 1. The summed E-state index contributed by atoms with van der Waals surface area (Å²) in [7, 11) is 0. The van der Waals surface area contributed by atoms with E-state index in [1.165, 1.54) is 18.5 Å². The maximum atomic E-state index is 14.0. The lowest BCUT2D eigenvalue weighted by Crippen LogP contribution is -2.31. The van der Waals surface area contributed by atoms with Crippen LogP contribution in [0, 0.1) is 22.6 Å². The molecule has 33 heavy (non-hydrogen) atoms. The molecule has 10 heteroatoms. The van der Waals surface area contributed by atoms with Gasteiger partial charge in [0.15, 0.2) is 0 Å². The van der Waals surface area contributed by atoms with Gasteiger partial charge in [0, 0.05) is 36.5 Å². The van der Waals surface area contributed by atoms with E-state index in [1.807, 2.05) is 6.07 Å². The number of anilines is 1. The lowest BCUT2D eigenvalue weighted by atomic mass is 9.86. The van der Waals surface area contributed by atoms with Crippen LogP contribution in [0.25, 0.3) is 10.2 Å².